The van der Waals surface area contributed by atoms with Crippen molar-refractivity contribution in [1.29, 1.82) is 0 Å². The minimum atomic E-state index is -4.55. The van der Waals surface area contributed by atoms with E-state index in [0.717, 1.165) is 38.5 Å². The Bertz CT molecular complexity index is 824. The SMILES string of the molecule is CCCCCCCCCCCCCCCCCCCCCCC(=O)N[C@@H](COP(=O)([O-])OCC[N+](C)(C)C)[C@H](O)CCCCCCCCCCCC. The van der Waals surface area contributed by atoms with Crippen LogP contribution in [0.1, 0.15) is 219 Å². The number of amides is 1. The average Bonchev–Trinajstić information content (AvgIpc) is 3.09. The molecule has 312 valence electrons. The number of phosphoric acid groups is 1. The third-order valence-electron chi connectivity index (χ3n) is 10.3. The molecule has 2 N–H and O–H groups in total. The van der Waals surface area contributed by atoms with Gasteiger partial charge in [0.1, 0.15) is 13.2 Å². The van der Waals surface area contributed by atoms with E-state index in [-0.39, 0.29) is 19.1 Å². The van der Waals surface area contributed by atoms with Crippen molar-refractivity contribution < 1.29 is 32.9 Å². The normalized spacial score (nSPS) is 14.4. The summed E-state index contributed by atoms with van der Waals surface area (Å²) < 4.78 is 23.2. The number of hydrogen-bond donors (Lipinski definition) is 2. The fraction of sp³-hybridized carbons (Fsp3) is 0.977. The number of carbonyl (C=O) groups excluding carboxylic acids is 1. The van der Waals surface area contributed by atoms with Crippen molar-refractivity contribution in [3.05, 3.63) is 0 Å². The summed E-state index contributed by atoms with van der Waals surface area (Å²) in [7, 11) is 1.31. The fourth-order valence-electron chi connectivity index (χ4n) is 6.75. The third-order valence-corrected chi connectivity index (χ3v) is 11.3. The van der Waals surface area contributed by atoms with E-state index in [1.165, 1.54) is 154 Å². The Morgan fingerprint density at radius 2 is 0.942 bits per heavy atom. The second kappa shape index (κ2) is 36.2. The van der Waals surface area contributed by atoms with Gasteiger partial charge in [-0.15, -0.1) is 0 Å². The third kappa shape index (κ3) is 37.8. The quantitative estimate of drug-likeness (QED) is 0.0365. The van der Waals surface area contributed by atoms with Gasteiger partial charge in [0.05, 0.1) is 39.9 Å². The van der Waals surface area contributed by atoms with Crippen molar-refractivity contribution in [1.82, 2.24) is 5.32 Å². The molecular formula is C43H89N2O6P. The molecule has 0 aliphatic rings. The standard InChI is InChI=1S/C43H89N2O6P/c1-6-8-10-12-14-16-18-19-20-21-22-23-24-25-26-27-29-31-33-35-37-43(47)44-41(40-51-52(48,49)50-39-38-45(3,4)5)42(46)36-34-32-30-28-17-15-13-11-9-7-2/h41-42,46H,6-40H2,1-5H3,(H-,44,47,48,49)/t41-,42+/m0/s1. The van der Waals surface area contributed by atoms with E-state index in [1.807, 2.05) is 21.1 Å². The lowest BCUT2D eigenvalue weighted by Gasteiger charge is -2.30. The van der Waals surface area contributed by atoms with Crippen LogP contribution in [0.4, 0.5) is 0 Å². The summed E-state index contributed by atoms with van der Waals surface area (Å²) in [5.41, 5.74) is 0. The zero-order chi connectivity index (χ0) is 38.6. The minimum Gasteiger partial charge on any atom is -0.756 e. The summed E-state index contributed by atoms with van der Waals surface area (Å²) in [6.45, 7) is 4.72. The van der Waals surface area contributed by atoms with Crippen molar-refractivity contribution in [3.63, 3.8) is 0 Å². The van der Waals surface area contributed by atoms with Crippen molar-refractivity contribution in [3.8, 4) is 0 Å². The van der Waals surface area contributed by atoms with E-state index >= 15 is 0 Å². The van der Waals surface area contributed by atoms with E-state index in [4.69, 9.17) is 9.05 Å². The molecule has 52 heavy (non-hydrogen) atoms. The number of carbonyl (C=O) groups is 1. The van der Waals surface area contributed by atoms with Gasteiger partial charge < -0.3 is 28.8 Å². The van der Waals surface area contributed by atoms with Crippen LogP contribution in [0.5, 0.6) is 0 Å². The number of phosphoric ester groups is 1. The van der Waals surface area contributed by atoms with Gasteiger partial charge in [0.25, 0.3) is 7.82 Å². The lowest BCUT2D eigenvalue weighted by atomic mass is 10.0. The number of hydrogen-bond acceptors (Lipinski definition) is 6. The highest BCUT2D eigenvalue weighted by molar-refractivity contribution is 7.45. The molecule has 0 saturated heterocycles. The van der Waals surface area contributed by atoms with Gasteiger partial charge in [0.15, 0.2) is 0 Å². The fourth-order valence-corrected chi connectivity index (χ4v) is 7.47. The molecule has 0 aromatic carbocycles. The lowest BCUT2D eigenvalue weighted by Crippen LogP contribution is -2.46. The predicted octanol–water partition coefficient (Wildman–Crippen LogP) is 11.6. The first-order valence-electron chi connectivity index (χ1n) is 22.4. The van der Waals surface area contributed by atoms with Gasteiger partial charge in [-0.05, 0) is 12.8 Å². The van der Waals surface area contributed by atoms with Crippen LogP contribution in [0, 0.1) is 0 Å². The molecule has 0 saturated carbocycles. The maximum Gasteiger partial charge on any atom is 0.268 e. The Morgan fingerprint density at radius 3 is 1.31 bits per heavy atom. The summed E-state index contributed by atoms with van der Waals surface area (Å²) in [4.78, 5) is 25.3. The molecule has 0 rings (SSSR count). The molecule has 3 atom stereocenters. The second-order valence-electron chi connectivity index (χ2n) is 16.8. The molecule has 0 aromatic rings. The van der Waals surface area contributed by atoms with Gasteiger partial charge in [-0.3, -0.25) is 9.36 Å². The molecular weight excluding hydrogens is 671 g/mol. The number of nitrogens with zero attached hydrogens (tertiary/aromatic N) is 1. The zero-order valence-electron chi connectivity index (χ0n) is 35.3. The van der Waals surface area contributed by atoms with Crippen molar-refractivity contribution in [2.75, 3.05) is 40.9 Å². The van der Waals surface area contributed by atoms with Crippen LogP contribution in [0.3, 0.4) is 0 Å². The number of nitrogens with one attached hydrogen (secondary N) is 1. The van der Waals surface area contributed by atoms with Gasteiger partial charge in [0.2, 0.25) is 5.91 Å². The Labute approximate surface area is 323 Å². The maximum atomic E-state index is 12.8. The highest BCUT2D eigenvalue weighted by Crippen LogP contribution is 2.38. The molecule has 8 nitrogen and oxygen atoms in total. The molecule has 0 bridgehead atoms. The highest BCUT2D eigenvalue weighted by Gasteiger charge is 2.24. The Morgan fingerprint density at radius 1 is 0.596 bits per heavy atom. The van der Waals surface area contributed by atoms with E-state index in [1.54, 1.807) is 0 Å². The van der Waals surface area contributed by atoms with Crippen LogP contribution in [0.15, 0.2) is 0 Å². The average molecular weight is 761 g/mol. The van der Waals surface area contributed by atoms with Crippen molar-refractivity contribution in [2.24, 2.45) is 0 Å². The van der Waals surface area contributed by atoms with Crippen LogP contribution >= 0.6 is 7.82 Å². The Balaban J connectivity index is 4.21. The Hall–Kier alpha value is -0.500. The van der Waals surface area contributed by atoms with Crippen LogP contribution < -0.4 is 10.2 Å². The molecule has 0 heterocycles. The molecule has 1 unspecified atom stereocenters. The molecule has 9 heteroatoms. The van der Waals surface area contributed by atoms with E-state index in [0.29, 0.717) is 23.9 Å². The first-order chi connectivity index (χ1) is 25.0. The number of aliphatic hydroxyl groups excluding tert-OH is 1. The summed E-state index contributed by atoms with van der Waals surface area (Å²) in [6, 6.07) is -0.791. The zero-order valence-corrected chi connectivity index (χ0v) is 36.2. The molecule has 0 aliphatic carbocycles. The van der Waals surface area contributed by atoms with E-state index in [2.05, 4.69) is 19.2 Å². The first-order valence-corrected chi connectivity index (χ1v) is 23.8. The molecule has 0 fully saturated rings. The van der Waals surface area contributed by atoms with Gasteiger partial charge in [-0.1, -0.05) is 200 Å². The van der Waals surface area contributed by atoms with E-state index in [9.17, 15) is 19.4 Å². The topological polar surface area (TPSA) is 108 Å². The van der Waals surface area contributed by atoms with Crippen LogP contribution in [0.2, 0.25) is 0 Å². The number of unbranched alkanes of at least 4 members (excludes halogenated alkanes) is 28. The van der Waals surface area contributed by atoms with Gasteiger partial charge >= 0.3 is 0 Å². The molecule has 0 radical (unpaired) electrons. The highest BCUT2D eigenvalue weighted by atomic mass is 31.2. The minimum absolute atomic E-state index is 0.0158. The van der Waals surface area contributed by atoms with Crippen LogP contribution in [-0.4, -0.2) is 68.5 Å². The number of aliphatic hydroxyl groups is 1. The van der Waals surface area contributed by atoms with Crippen LogP contribution in [-0.2, 0) is 18.4 Å². The predicted molar refractivity (Wildman–Crippen MR) is 219 cm³/mol. The molecule has 1 amide bonds. The van der Waals surface area contributed by atoms with Gasteiger partial charge in [-0.25, -0.2) is 0 Å². The second-order valence-corrected chi connectivity index (χ2v) is 18.2. The largest absolute Gasteiger partial charge is 0.756 e. The monoisotopic (exact) mass is 761 g/mol. The lowest BCUT2D eigenvalue weighted by molar-refractivity contribution is -0.870. The smallest absolute Gasteiger partial charge is 0.268 e. The summed E-state index contributed by atoms with van der Waals surface area (Å²) in [6.07, 6.45) is 38.2. The number of likely N-dealkylation sites (N-methyl/N-ethyl adjacent to an activating group) is 1. The molecule has 0 spiro atoms. The molecule has 0 aliphatic heterocycles. The molecule has 0 aromatic heterocycles. The van der Waals surface area contributed by atoms with Crippen molar-refractivity contribution >= 4 is 13.7 Å². The van der Waals surface area contributed by atoms with Crippen LogP contribution in [0.25, 0.3) is 0 Å². The van der Waals surface area contributed by atoms with Crippen molar-refractivity contribution in [2.45, 2.75) is 231 Å². The summed E-state index contributed by atoms with van der Waals surface area (Å²) in [5, 5.41) is 13.9. The Kier molecular flexibility index (Phi) is 35.8. The summed E-state index contributed by atoms with van der Waals surface area (Å²) >= 11 is 0. The number of quaternary nitrogens is 1. The summed E-state index contributed by atoms with van der Waals surface area (Å²) in [5.74, 6) is -0.162. The van der Waals surface area contributed by atoms with Gasteiger partial charge in [0, 0.05) is 6.42 Å². The van der Waals surface area contributed by atoms with E-state index < -0.39 is 20.0 Å². The van der Waals surface area contributed by atoms with Gasteiger partial charge in [-0.2, -0.15) is 0 Å². The number of rotatable bonds is 41. The first kappa shape index (κ1) is 51.5. The maximum absolute atomic E-state index is 12.8.